The average Bonchev–Trinajstić information content (AvgIpc) is 2.08. The smallest absolute Gasteiger partial charge is 0.449 e. The third-order valence-corrected chi connectivity index (χ3v) is 3.14. The summed E-state index contributed by atoms with van der Waals surface area (Å²) < 4.78 is 36.7. The Kier molecular flexibility index (Phi) is 2.89. The summed E-state index contributed by atoms with van der Waals surface area (Å²) in [6.45, 7) is -4.53. The third kappa shape index (κ3) is 1.48. The largest absolute Gasteiger partial charge is 1.00 e. The summed E-state index contributed by atoms with van der Waals surface area (Å²) in [6, 6.07) is 0. The molecule has 0 aromatic heterocycles. The predicted octanol–water partition coefficient (Wildman–Crippen LogP) is -0.218. The Hall–Kier alpha value is 1.49. The van der Waals surface area contributed by atoms with Crippen molar-refractivity contribution in [1.29, 1.82) is 0 Å². The van der Waals surface area contributed by atoms with Gasteiger partial charge in [0.2, 0.25) is 0 Å². The monoisotopic (exact) mass is 188 g/mol. The van der Waals surface area contributed by atoms with Crippen LogP contribution >= 0.6 is 0 Å². The second-order valence-corrected chi connectivity index (χ2v) is 3.75. The Labute approximate surface area is 107 Å². The number of hydrogen-bond donors (Lipinski definition) is 0. The maximum absolute atomic E-state index is 12.2. The Morgan fingerprint density at radius 1 is 1.18 bits per heavy atom. The Bertz CT molecular complexity index is 156. The van der Waals surface area contributed by atoms with E-state index in [4.69, 9.17) is 0 Å². The average molecular weight is 188 g/mol. The molecule has 0 unspecified atom stereocenters. The molecule has 3 aliphatic rings. The Balaban J connectivity index is 0.000000605. The Morgan fingerprint density at radius 3 is 1.91 bits per heavy atom. The van der Waals surface area contributed by atoms with E-state index in [-0.39, 0.29) is 51.4 Å². The van der Waals surface area contributed by atoms with E-state index in [9.17, 15) is 12.9 Å². The second-order valence-electron chi connectivity index (χ2n) is 3.75. The number of fused-ring (bicyclic) bond motifs is 1. The van der Waals surface area contributed by atoms with Crippen LogP contribution in [0.1, 0.15) is 25.7 Å². The minimum absolute atomic E-state index is 0. The molecular formula is C6H9BF3K. The first-order valence-corrected chi connectivity index (χ1v) is 3.73. The standard InChI is InChI=1S/C6H9BF3.K/c8-7(9,10)6-2-1-5(3-6)4-6;/h5H,1-4H2;/q-1;+1. The van der Waals surface area contributed by atoms with Crippen LogP contribution in [-0.4, -0.2) is 6.98 Å². The minimum atomic E-state index is -4.53. The summed E-state index contributed by atoms with van der Waals surface area (Å²) >= 11 is 0. The molecule has 0 N–H and O–H groups in total. The van der Waals surface area contributed by atoms with Crippen molar-refractivity contribution in [3.63, 3.8) is 0 Å². The van der Waals surface area contributed by atoms with Crippen LogP contribution < -0.4 is 51.4 Å². The van der Waals surface area contributed by atoms with Gasteiger partial charge >= 0.3 is 58.4 Å². The molecule has 0 radical (unpaired) electrons. The molecule has 0 spiro atoms. The molecule has 3 rings (SSSR count). The van der Waals surface area contributed by atoms with Gasteiger partial charge in [0.15, 0.2) is 0 Å². The van der Waals surface area contributed by atoms with E-state index in [2.05, 4.69) is 0 Å². The fourth-order valence-corrected chi connectivity index (χ4v) is 2.42. The van der Waals surface area contributed by atoms with Crippen molar-refractivity contribution >= 4 is 6.98 Å². The summed E-state index contributed by atoms with van der Waals surface area (Å²) in [5.41, 5.74) is 0. The van der Waals surface area contributed by atoms with Gasteiger partial charge in [0, 0.05) is 0 Å². The van der Waals surface area contributed by atoms with Crippen LogP contribution in [0.2, 0.25) is 5.31 Å². The molecule has 5 heteroatoms. The molecule has 3 aliphatic carbocycles. The molecular weight excluding hydrogens is 179 g/mol. The molecule has 0 nitrogen and oxygen atoms in total. The number of rotatable bonds is 1. The van der Waals surface area contributed by atoms with E-state index < -0.39 is 12.3 Å². The van der Waals surface area contributed by atoms with Gasteiger partial charge in [-0.2, -0.15) is 0 Å². The van der Waals surface area contributed by atoms with Crippen LogP contribution in [0.15, 0.2) is 0 Å². The van der Waals surface area contributed by atoms with Gasteiger partial charge in [-0.3, -0.25) is 0 Å². The first-order valence-electron chi connectivity index (χ1n) is 3.73. The molecule has 0 saturated heterocycles. The van der Waals surface area contributed by atoms with Crippen molar-refractivity contribution in [1.82, 2.24) is 0 Å². The van der Waals surface area contributed by atoms with Gasteiger partial charge in [-0.15, -0.1) is 0 Å². The molecule has 0 aromatic carbocycles. The summed E-state index contributed by atoms with van der Waals surface area (Å²) in [6.07, 6.45) is 2.12. The SMILES string of the molecule is F[B-](F)(F)C12CCC(C1)C2.[K+]. The van der Waals surface area contributed by atoms with Crippen molar-refractivity contribution in [2.45, 2.75) is 31.0 Å². The zero-order valence-electron chi connectivity index (χ0n) is 6.62. The van der Waals surface area contributed by atoms with Gasteiger partial charge in [0.25, 0.3) is 0 Å². The van der Waals surface area contributed by atoms with Crippen molar-refractivity contribution in [2.24, 2.45) is 5.92 Å². The number of hydrogen-bond acceptors (Lipinski definition) is 0. The summed E-state index contributed by atoms with van der Waals surface area (Å²) in [5.74, 6) is 0.420. The van der Waals surface area contributed by atoms with Gasteiger partial charge in [-0.1, -0.05) is 31.0 Å². The van der Waals surface area contributed by atoms with E-state index in [0.29, 0.717) is 25.2 Å². The first kappa shape index (κ1) is 10.6. The molecule has 3 saturated carbocycles. The van der Waals surface area contributed by atoms with E-state index in [1.54, 1.807) is 0 Å². The van der Waals surface area contributed by atoms with Crippen LogP contribution in [0.4, 0.5) is 12.9 Å². The normalized spacial score (nSPS) is 41.2. The van der Waals surface area contributed by atoms with Crippen LogP contribution in [0.5, 0.6) is 0 Å². The molecule has 2 bridgehead atoms. The zero-order valence-corrected chi connectivity index (χ0v) is 9.74. The molecule has 0 aromatic rings. The van der Waals surface area contributed by atoms with Crippen LogP contribution in [0.3, 0.4) is 0 Å². The van der Waals surface area contributed by atoms with Gasteiger partial charge in [0.1, 0.15) is 0 Å². The summed E-state index contributed by atoms with van der Waals surface area (Å²) in [4.78, 5) is 0. The van der Waals surface area contributed by atoms with Crippen LogP contribution in [0, 0.1) is 5.92 Å². The van der Waals surface area contributed by atoms with Gasteiger partial charge in [-0.25, -0.2) is 0 Å². The van der Waals surface area contributed by atoms with Crippen molar-refractivity contribution in [3.05, 3.63) is 0 Å². The van der Waals surface area contributed by atoms with E-state index in [1.807, 2.05) is 0 Å². The molecule has 0 atom stereocenters. The van der Waals surface area contributed by atoms with E-state index in [0.717, 1.165) is 6.42 Å². The van der Waals surface area contributed by atoms with Gasteiger partial charge < -0.3 is 12.9 Å². The van der Waals surface area contributed by atoms with Crippen LogP contribution in [0.25, 0.3) is 0 Å². The third-order valence-electron chi connectivity index (χ3n) is 3.14. The molecule has 0 heterocycles. The van der Waals surface area contributed by atoms with Crippen molar-refractivity contribution in [3.8, 4) is 0 Å². The first-order chi connectivity index (χ1) is 4.54. The topological polar surface area (TPSA) is 0 Å². The van der Waals surface area contributed by atoms with E-state index in [1.165, 1.54) is 0 Å². The van der Waals surface area contributed by atoms with Crippen LogP contribution in [-0.2, 0) is 0 Å². The van der Waals surface area contributed by atoms with Gasteiger partial charge in [0.05, 0.1) is 0 Å². The fraction of sp³-hybridized carbons (Fsp3) is 1.00. The maximum Gasteiger partial charge on any atom is 1.00 e. The maximum atomic E-state index is 12.2. The van der Waals surface area contributed by atoms with E-state index >= 15 is 0 Å². The summed E-state index contributed by atoms with van der Waals surface area (Å²) in [7, 11) is 0. The molecule has 58 valence electrons. The number of halogens is 3. The molecule has 3 fully saturated rings. The quantitative estimate of drug-likeness (QED) is 0.499. The minimum Gasteiger partial charge on any atom is -0.449 e. The van der Waals surface area contributed by atoms with Crippen molar-refractivity contribution < 1.29 is 64.3 Å². The summed E-state index contributed by atoms with van der Waals surface area (Å²) in [5, 5.41) is -1.16. The second kappa shape index (κ2) is 3.01. The predicted molar refractivity (Wildman–Crippen MR) is 33.7 cm³/mol. The van der Waals surface area contributed by atoms with Crippen molar-refractivity contribution in [2.75, 3.05) is 0 Å². The molecule has 11 heavy (non-hydrogen) atoms. The molecule has 0 aliphatic heterocycles. The molecule has 0 amide bonds. The zero-order chi connectivity index (χ0) is 7.41. The fourth-order valence-electron chi connectivity index (χ4n) is 2.42. The Morgan fingerprint density at radius 2 is 1.73 bits per heavy atom. The van der Waals surface area contributed by atoms with Gasteiger partial charge in [-0.05, 0) is 5.92 Å².